The van der Waals surface area contributed by atoms with E-state index in [2.05, 4.69) is 34.6 Å². The topological polar surface area (TPSA) is 44.4 Å². The number of amides is 1. The fourth-order valence-corrected chi connectivity index (χ4v) is 2.49. The van der Waals surface area contributed by atoms with Gasteiger partial charge < -0.3 is 15.5 Å². The van der Waals surface area contributed by atoms with E-state index < -0.39 is 0 Å². The first-order valence-electron chi connectivity index (χ1n) is 7.49. The monoisotopic (exact) mass is 275 g/mol. The molecule has 1 aromatic carbocycles. The van der Waals surface area contributed by atoms with Crippen molar-refractivity contribution in [2.24, 2.45) is 0 Å². The lowest BCUT2D eigenvalue weighted by Crippen LogP contribution is -2.48. The molecular formula is C16H25N3O. The van der Waals surface area contributed by atoms with Gasteiger partial charge in [0.1, 0.15) is 6.04 Å². The third kappa shape index (κ3) is 3.31. The Morgan fingerprint density at radius 2 is 2.15 bits per heavy atom. The molecular weight excluding hydrogens is 250 g/mol. The molecule has 4 nitrogen and oxygen atoms in total. The van der Waals surface area contributed by atoms with Crippen LogP contribution < -0.4 is 15.5 Å². The smallest absolute Gasteiger partial charge is 0.242 e. The SMILES string of the molecule is CCC(C)NC(=O)C(C)N1CCNCc2ccccc21. The molecule has 20 heavy (non-hydrogen) atoms. The van der Waals surface area contributed by atoms with Gasteiger partial charge in [0.15, 0.2) is 0 Å². The summed E-state index contributed by atoms with van der Waals surface area (Å²) in [4.78, 5) is 14.6. The quantitative estimate of drug-likeness (QED) is 0.882. The maximum atomic E-state index is 12.4. The van der Waals surface area contributed by atoms with E-state index in [1.807, 2.05) is 26.0 Å². The molecule has 0 aromatic heterocycles. The van der Waals surface area contributed by atoms with Crippen molar-refractivity contribution in [2.45, 2.75) is 45.8 Å². The summed E-state index contributed by atoms with van der Waals surface area (Å²) in [6.07, 6.45) is 0.955. The molecule has 0 radical (unpaired) electrons. The van der Waals surface area contributed by atoms with E-state index in [0.717, 1.165) is 26.1 Å². The summed E-state index contributed by atoms with van der Waals surface area (Å²) in [5.74, 6) is 0.107. The second-order valence-corrected chi connectivity index (χ2v) is 5.49. The molecule has 1 aliphatic rings. The van der Waals surface area contributed by atoms with E-state index in [9.17, 15) is 4.79 Å². The number of benzene rings is 1. The van der Waals surface area contributed by atoms with Crippen LogP contribution >= 0.6 is 0 Å². The van der Waals surface area contributed by atoms with Gasteiger partial charge in [-0.2, -0.15) is 0 Å². The Bertz CT molecular complexity index is 461. The summed E-state index contributed by atoms with van der Waals surface area (Å²) < 4.78 is 0. The molecule has 2 atom stereocenters. The molecule has 0 spiro atoms. The first-order chi connectivity index (χ1) is 9.63. The summed E-state index contributed by atoms with van der Waals surface area (Å²) in [5.41, 5.74) is 2.43. The van der Waals surface area contributed by atoms with Crippen LogP contribution in [-0.4, -0.2) is 31.1 Å². The fraction of sp³-hybridized carbons (Fsp3) is 0.562. The Kier molecular flexibility index (Phi) is 5.01. The zero-order valence-electron chi connectivity index (χ0n) is 12.6. The molecule has 1 amide bonds. The van der Waals surface area contributed by atoms with Crippen molar-refractivity contribution in [3.05, 3.63) is 29.8 Å². The van der Waals surface area contributed by atoms with E-state index >= 15 is 0 Å². The number of nitrogens with zero attached hydrogens (tertiary/aromatic N) is 1. The van der Waals surface area contributed by atoms with Crippen molar-refractivity contribution < 1.29 is 4.79 Å². The third-order valence-electron chi connectivity index (χ3n) is 3.99. The van der Waals surface area contributed by atoms with Crippen LogP contribution in [-0.2, 0) is 11.3 Å². The summed E-state index contributed by atoms with van der Waals surface area (Å²) in [5, 5.41) is 6.48. The van der Waals surface area contributed by atoms with Crippen molar-refractivity contribution in [3.63, 3.8) is 0 Å². The Morgan fingerprint density at radius 1 is 1.40 bits per heavy atom. The first-order valence-corrected chi connectivity index (χ1v) is 7.49. The molecule has 0 bridgehead atoms. The molecule has 1 heterocycles. The molecule has 110 valence electrons. The van der Waals surface area contributed by atoms with Crippen molar-refractivity contribution >= 4 is 11.6 Å². The van der Waals surface area contributed by atoms with Gasteiger partial charge in [0.25, 0.3) is 0 Å². The average molecular weight is 275 g/mol. The fourth-order valence-electron chi connectivity index (χ4n) is 2.49. The number of fused-ring (bicyclic) bond motifs is 1. The number of hydrogen-bond donors (Lipinski definition) is 2. The molecule has 0 aliphatic carbocycles. The predicted octanol–water partition coefficient (Wildman–Crippen LogP) is 1.90. The molecule has 1 aromatic rings. The van der Waals surface area contributed by atoms with Crippen molar-refractivity contribution in [1.29, 1.82) is 0 Å². The second kappa shape index (κ2) is 6.75. The Hall–Kier alpha value is -1.55. The zero-order valence-corrected chi connectivity index (χ0v) is 12.6. The predicted molar refractivity (Wildman–Crippen MR) is 82.9 cm³/mol. The van der Waals surface area contributed by atoms with Gasteiger partial charge >= 0.3 is 0 Å². The maximum Gasteiger partial charge on any atom is 0.242 e. The van der Waals surface area contributed by atoms with Crippen molar-refractivity contribution in [3.8, 4) is 0 Å². The lowest BCUT2D eigenvalue weighted by molar-refractivity contribution is -0.122. The minimum atomic E-state index is -0.148. The normalized spacial score (nSPS) is 17.9. The highest BCUT2D eigenvalue weighted by Crippen LogP contribution is 2.24. The summed E-state index contributed by atoms with van der Waals surface area (Å²) in [6.45, 7) is 8.73. The van der Waals surface area contributed by atoms with E-state index in [0.29, 0.717) is 0 Å². The molecule has 2 unspecified atom stereocenters. The highest BCUT2D eigenvalue weighted by Gasteiger charge is 2.25. The Labute approximate surface area is 121 Å². The van der Waals surface area contributed by atoms with Crippen LogP contribution in [0.25, 0.3) is 0 Å². The minimum absolute atomic E-state index is 0.107. The van der Waals surface area contributed by atoms with Gasteiger partial charge in [-0.05, 0) is 31.9 Å². The summed E-state index contributed by atoms with van der Waals surface area (Å²) in [7, 11) is 0. The van der Waals surface area contributed by atoms with Gasteiger partial charge in [-0.15, -0.1) is 0 Å². The molecule has 2 N–H and O–H groups in total. The summed E-state index contributed by atoms with van der Waals surface area (Å²) >= 11 is 0. The standard InChI is InChI=1S/C16H25N3O/c1-4-12(2)18-16(20)13(3)19-10-9-17-11-14-7-5-6-8-15(14)19/h5-8,12-13,17H,4,9-11H2,1-3H3,(H,18,20). The van der Waals surface area contributed by atoms with Gasteiger partial charge in [-0.1, -0.05) is 25.1 Å². The van der Waals surface area contributed by atoms with Crippen molar-refractivity contribution in [2.75, 3.05) is 18.0 Å². The average Bonchev–Trinajstić information content (AvgIpc) is 2.68. The van der Waals surface area contributed by atoms with Crippen LogP contribution in [0.2, 0.25) is 0 Å². The molecule has 0 saturated heterocycles. The Balaban J connectivity index is 2.17. The van der Waals surface area contributed by atoms with Crippen LogP contribution in [0.3, 0.4) is 0 Å². The zero-order chi connectivity index (χ0) is 14.5. The van der Waals surface area contributed by atoms with E-state index in [1.165, 1.54) is 11.3 Å². The second-order valence-electron chi connectivity index (χ2n) is 5.49. The molecule has 4 heteroatoms. The van der Waals surface area contributed by atoms with Gasteiger partial charge in [0.05, 0.1) is 0 Å². The van der Waals surface area contributed by atoms with E-state index in [1.54, 1.807) is 0 Å². The lowest BCUT2D eigenvalue weighted by atomic mass is 10.1. The van der Waals surface area contributed by atoms with Gasteiger partial charge in [0.2, 0.25) is 5.91 Å². The van der Waals surface area contributed by atoms with Crippen LogP contribution in [0.1, 0.15) is 32.8 Å². The third-order valence-corrected chi connectivity index (χ3v) is 3.99. The van der Waals surface area contributed by atoms with Crippen LogP contribution in [0.5, 0.6) is 0 Å². The largest absolute Gasteiger partial charge is 0.358 e. The number of nitrogens with one attached hydrogen (secondary N) is 2. The van der Waals surface area contributed by atoms with Crippen LogP contribution in [0.15, 0.2) is 24.3 Å². The van der Waals surface area contributed by atoms with Crippen LogP contribution in [0.4, 0.5) is 5.69 Å². The number of hydrogen-bond acceptors (Lipinski definition) is 3. The Morgan fingerprint density at radius 3 is 2.90 bits per heavy atom. The number of carbonyl (C=O) groups excluding carboxylic acids is 1. The van der Waals surface area contributed by atoms with E-state index in [4.69, 9.17) is 0 Å². The van der Waals surface area contributed by atoms with Crippen molar-refractivity contribution in [1.82, 2.24) is 10.6 Å². The molecule has 0 saturated carbocycles. The van der Waals surface area contributed by atoms with Gasteiger partial charge in [0, 0.05) is 31.4 Å². The molecule has 1 aliphatic heterocycles. The number of rotatable bonds is 4. The maximum absolute atomic E-state index is 12.4. The van der Waals surface area contributed by atoms with Gasteiger partial charge in [-0.25, -0.2) is 0 Å². The number of para-hydroxylation sites is 1. The molecule has 2 rings (SSSR count). The first kappa shape index (κ1) is 14.9. The van der Waals surface area contributed by atoms with Gasteiger partial charge in [-0.3, -0.25) is 4.79 Å². The summed E-state index contributed by atoms with van der Waals surface area (Å²) in [6, 6.07) is 8.40. The molecule has 0 fully saturated rings. The minimum Gasteiger partial charge on any atom is -0.358 e. The van der Waals surface area contributed by atoms with E-state index in [-0.39, 0.29) is 18.0 Å². The highest BCUT2D eigenvalue weighted by atomic mass is 16.2. The number of anilines is 1. The highest BCUT2D eigenvalue weighted by molar-refractivity contribution is 5.85. The van der Waals surface area contributed by atoms with Crippen LogP contribution in [0, 0.1) is 0 Å². The number of carbonyl (C=O) groups is 1. The lowest BCUT2D eigenvalue weighted by Gasteiger charge is -2.31.